The largest absolute Gasteiger partial charge is 0.493 e. The molecule has 0 unspecified atom stereocenters. The van der Waals surface area contributed by atoms with Crippen molar-refractivity contribution < 1.29 is 19.4 Å². The highest BCUT2D eigenvalue weighted by Gasteiger charge is 2.13. The summed E-state index contributed by atoms with van der Waals surface area (Å²) in [4.78, 5) is 11.7. The summed E-state index contributed by atoms with van der Waals surface area (Å²) in [7, 11) is 1.57. The molecule has 0 bridgehead atoms. The van der Waals surface area contributed by atoms with Crippen molar-refractivity contribution in [1.82, 2.24) is 0 Å². The second-order valence-corrected chi connectivity index (χ2v) is 6.24. The molecule has 2 rings (SSSR count). The molecule has 0 aromatic heterocycles. The lowest BCUT2D eigenvalue weighted by Gasteiger charge is -2.14. The topological polar surface area (TPSA) is 55.8 Å². The first-order valence-corrected chi connectivity index (χ1v) is 8.19. The summed E-state index contributed by atoms with van der Waals surface area (Å²) >= 11 is 0. The minimum atomic E-state index is -0.968. The monoisotopic (exact) mass is 340 g/mol. The first-order valence-electron chi connectivity index (χ1n) is 8.19. The molecule has 0 spiro atoms. The van der Waals surface area contributed by atoms with Crippen molar-refractivity contribution in [3.63, 3.8) is 0 Å². The maximum absolute atomic E-state index is 11.7. The van der Waals surface area contributed by atoms with E-state index in [-0.39, 0.29) is 11.7 Å². The number of rotatable bonds is 6. The van der Waals surface area contributed by atoms with Crippen LogP contribution in [0.4, 0.5) is 0 Å². The molecule has 1 N–H and O–H groups in total. The number of carbonyl (C=O) groups is 1. The van der Waals surface area contributed by atoms with Gasteiger partial charge < -0.3 is 14.6 Å². The van der Waals surface area contributed by atoms with E-state index in [4.69, 9.17) is 9.47 Å². The molecule has 2 aromatic rings. The fraction of sp³-hybridized carbons (Fsp3) is 0.286. The molecule has 25 heavy (non-hydrogen) atoms. The van der Waals surface area contributed by atoms with Crippen LogP contribution in [0, 0.1) is 13.8 Å². The van der Waals surface area contributed by atoms with E-state index in [9.17, 15) is 9.90 Å². The standard InChI is InChI=1S/C21H24O4/c1-13(2)25-19-9-7-16(12-20(19)24-5)11-18(21(22)23)17-8-6-14(3)15(4)10-17/h6-13H,1-5H3,(H,22,23)/b18-11-. The molecule has 2 aromatic carbocycles. The Morgan fingerprint density at radius 2 is 1.76 bits per heavy atom. The molecule has 0 fully saturated rings. The predicted molar refractivity (Wildman–Crippen MR) is 100 cm³/mol. The van der Waals surface area contributed by atoms with Crippen LogP contribution < -0.4 is 9.47 Å². The third-order valence-corrected chi connectivity index (χ3v) is 3.91. The smallest absolute Gasteiger partial charge is 0.336 e. The average molecular weight is 340 g/mol. The lowest BCUT2D eigenvalue weighted by Crippen LogP contribution is -2.06. The number of ether oxygens (including phenoxy) is 2. The number of hydrogen-bond acceptors (Lipinski definition) is 3. The van der Waals surface area contributed by atoms with Gasteiger partial charge in [-0.3, -0.25) is 0 Å². The highest BCUT2D eigenvalue weighted by molar-refractivity contribution is 6.20. The van der Waals surface area contributed by atoms with Crippen molar-refractivity contribution in [3.8, 4) is 11.5 Å². The molecule has 0 aliphatic rings. The zero-order valence-corrected chi connectivity index (χ0v) is 15.3. The molecule has 0 aliphatic heterocycles. The minimum absolute atomic E-state index is 0.0282. The molecule has 132 valence electrons. The Balaban J connectivity index is 2.46. The number of benzene rings is 2. The van der Waals surface area contributed by atoms with Gasteiger partial charge in [0.15, 0.2) is 11.5 Å². The second-order valence-electron chi connectivity index (χ2n) is 6.24. The molecule has 4 heteroatoms. The fourth-order valence-corrected chi connectivity index (χ4v) is 2.47. The maximum Gasteiger partial charge on any atom is 0.336 e. The Labute approximate surface area is 148 Å². The van der Waals surface area contributed by atoms with Crippen molar-refractivity contribution in [2.75, 3.05) is 7.11 Å². The van der Waals surface area contributed by atoms with Gasteiger partial charge in [0, 0.05) is 0 Å². The minimum Gasteiger partial charge on any atom is -0.493 e. The predicted octanol–water partition coefficient (Wildman–Crippen LogP) is 4.72. The van der Waals surface area contributed by atoms with Crippen LogP contribution in [0.2, 0.25) is 0 Å². The van der Waals surface area contributed by atoms with E-state index in [2.05, 4.69) is 0 Å². The van der Waals surface area contributed by atoms with E-state index in [0.717, 1.165) is 16.7 Å². The van der Waals surface area contributed by atoms with E-state index in [1.807, 2.05) is 52.0 Å². The first-order chi connectivity index (χ1) is 11.8. The van der Waals surface area contributed by atoms with Crippen molar-refractivity contribution in [1.29, 1.82) is 0 Å². The summed E-state index contributed by atoms with van der Waals surface area (Å²) < 4.78 is 11.1. The summed E-state index contributed by atoms with van der Waals surface area (Å²) in [6.07, 6.45) is 1.68. The summed E-state index contributed by atoms with van der Waals surface area (Å²) in [5.41, 5.74) is 3.84. The Kier molecular flexibility index (Phi) is 5.86. The molecular formula is C21H24O4. The van der Waals surface area contributed by atoms with E-state index in [1.165, 1.54) is 0 Å². The molecule has 0 radical (unpaired) electrons. The number of hydrogen-bond donors (Lipinski definition) is 1. The van der Waals surface area contributed by atoms with Crippen LogP contribution in [0.15, 0.2) is 36.4 Å². The normalized spacial score (nSPS) is 11.5. The first kappa shape index (κ1) is 18.6. The van der Waals surface area contributed by atoms with Gasteiger partial charge in [-0.2, -0.15) is 0 Å². The Bertz CT molecular complexity index is 804. The van der Waals surface area contributed by atoms with E-state index >= 15 is 0 Å². The molecular weight excluding hydrogens is 316 g/mol. The van der Waals surface area contributed by atoms with Crippen LogP contribution >= 0.6 is 0 Å². The third-order valence-electron chi connectivity index (χ3n) is 3.91. The van der Waals surface area contributed by atoms with Crippen LogP contribution in [0.3, 0.4) is 0 Å². The van der Waals surface area contributed by atoms with Gasteiger partial charge >= 0.3 is 5.97 Å². The summed E-state index contributed by atoms with van der Waals surface area (Å²) in [5.74, 6) is 0.245. The zero-order chi connectivity index (χ0) is 18.6. The van der Waals surface area contributed by atoms with Crippen molar-refractivity contribution >= 4 is 17.6 Å². The Morgan fingerprint density at radius 1 is 1.04 bits per heavy atom. The molecule has 0 aliphatic carbocycles. The van der Waals surface area contributed by atoms with Crippen LogP contribution in [-0.4, -0.2) is 24.3 Å². The Morgan fingerprint density at radius 3 is 2.32 bits per heavy atom. The van der Waals surface area contributed by atoms with Crippen molar-refractivity contribution in [2.24, 2.45) is 0 Å². The zero-order valence-electron chi connectivity index (χ0n) is 15.3. The maximum atomic E-state index is 11.7. The van der Waals surface area contributed by atoms with Gasteiger partial charge in [0.2, 0.25) is 0 Å². The van der Waals surface area contributed by atoms with Crippen LogP contribution in [-0.2, 0) is 4.79 Å². The lowest BCUT2D eigenvalue weighted by atomic mass is 9.98. The molecule has 0 atom stereocenters. The number of carboxylic acid groups (broad SMARTS) is 1. The van der Waals surface area contributed by atoms with Crippen molar-refractivity contribution in [3.05, 3.63) is 58.7 Å². The van der Waals surface area contributed by atoms with Gasteiger partial charge in [0.1, 0.15) is 0 Å². The molecule has 0 amide bonds. The highest BCUT2D eigenvalue weighted by Crippen LogP contribution is 2.31. The van der Waals surface area contributed by atoms with Crippen LogP contribution in [0.25, 0.3) is 11.6 Å². The van der Waals surface area contributed by atoms with Gasteiger partial charge in [-0.25, -0.2) is 4.79 Å². The molecule has 0 heterocycles. The molecule has 0 saturated carbocycles. The lowest BCUT2D eigenvalue weighted by molar-refractivity contribution is -0.130. The number of aliphatic carboxylic acids is 1. The number of methoxy groups -OCH3 is 1. The number of carboxylic acids is 1. The third kappa shape index (κ3) is 4.63. The average Bonchev–Trinajstić information content (AvgIpc) is 2.55. The van der Waals surface area contributed by atoms with Gasteiger partial charge in [0.25, 0.3) is 0 Å². The second kappa shape index (κ2) is 7.88. The van der Waals surface area contributed by atoms with E-state index < -0.39 is 5.97 Å². The summed E-state index contributed by atoms with van der Waals surface area (Å²) in [6, 6.07) is 11.1. The van der Waals surface area contributed by atoms with Gasteiger partial charge in [-0.15, -0.1) is 0 Å². The molecule has 0 saturated heterocycles. The SMILES string of the molecule is COc1cc(/C=C(\C(=O)O)c2ccc(C)c(C)c2)ccc1OC(C)C. The van der Waals surface area contributed by atoms with Crippen molar-refractivity contribution in [2.45, 2.75) is 33.8 Å². The fourth-order valence-electron chi connectivity index (χ4n) is 2.47. The summed E-state index contributed by atoms with van der Waals surface area (Å²) in [6.45, 7) is 7.85. The van der Waals surface area contributed by atoms with Gasteiger partial charge in [-0.1, -0.05) is 24.3 Å². The van der Waals surface area contributed by atoms with Gasteiger partial charge in [-0.05, 0) is 68.2 Å². The van der Waals surface area contributed by atoms with Crippen LogP contribution in [0.5, 0.6) is 11.5 Å². The van der Waals surface area contributed by atoms with Gasteiger partial charge in [0.05, 0.1) is 18.8 Å². The van der Waals surface area contributed by atoms with Crippen LogP contribution in [0.1, 0.15) is 36.1 Å². The molecule has 4 nitrogen and oxygen atoms in total. The quantitative estimate of drug-likeness (QED) is 0.610. The van der Waals surface area contributed by atoms with E-state index in [1.54, 1.807) is 25.3 Å². The Hall–Kier alpha value is -2.75. The van der Waals surface area contributed by atoms with E-state index in [0.29, 0.717) is 17.1 Å². The summed E-state index contributed by atoms with van der Waals surface area (Å²) in [5, 5.41) is 9.62. The number of aryl methyl sites for hydroxylation is 2. The highest BCUT2D eigenvalue weighted by atomic mass is 16.5.